The summed E-state index contributed by atoms with van der Waals surface area (Å²) in [4.78, 5) is 10.5. The van der Waals surface area contributed by atoms with E-state index >= 15 is 0 Å². The van der Waals surface area contributed by atoms with Gasteiger partial charge in [-0.2, -0.15) is 13.2 Å². The Labute approximate surface area is 124 Å². The monoisotopic (exact) mass is 308 g/mol. The van der Waals surface area contributed by atoms with Crippen molar-refractivity contribution in [2.24, 2.45) is 0 Å². The van der Waals surface area contributed by atoms with Crippen molar-refractivity contribution in [3.63, 3.8) is 0 Å². The van der Waals surface area contributed by atoms with Crippen molar-refractivity contribution in [3.05, 3.63) is 65.7 Å². The zero-order valence-corrected chi connectivity index (χ0v) is 11.2. The van der Waals surface area contributed by atoms with Crippen LogP contribution in [-0.2, 0) is 11.0 Å². The molecule has 0 atom stereocenters. The first-order valence-electron chi connectivity index (χ1n) is 6.21. The zero-order chi connectivity index (χ0) is 16.2. The molecule has 2 aromatic carbocycles. The molecule has 0 aliphatic carbocycles. The Morgan fingerprint density at radius 2 is 1.82 bits per heavy atom. The van der Waals surface area contributed by atoms with Crippen LogP contribution in [0.3, 0.4) is 0 Å². The van der Waals surface area contributed by atoms with Crippen molar-refractivity contribution in [1.82, 2.24) is 0 Å². The molecule has 0 aliphatic rings. The Balaban J connectivity index is 2.30. The first-order valence-corrected chi connectivity index (χ1v) is 6.21. The van der Waals surface area contributed by atoms with Crippen LogP contribution in [0.4, 0.5) is 13.2 Å². The minimum atomic E-state index is -4.46. The molecule has 0 saturated heterocycles. The van der Waals surface area contributed by atoms with Crippen molar-refractivity contribution in [3.8, 4) is 11.5 Å². The maximum absolute atomic E-state index is 12.7. The second-order valence-corrected chi connectivity index (χ2v) is 4.34. The van der Waals surface area contributed by atoms with Gasteiger partial charge in [-0.1, -0.05) is 24.3 Å². The van der Waals surface area contributed by atoms with Crippen LogP contribution < -0.4 is 4.74 Å². The van der Waals surface area contributed by atoms with Gasteiger partial charge < -0.3 is 9.84 Å². The van der Waals surface area contributed by atoms with Crippen molar-refractivity contribution in [2.75, 3.05) is 0 Å². The first-order chi connectivity index (χ1) is 10.4. The lowest BCUT2D eigenvalue weighted by Crippen LogP contribution is -2.04. The summed E-state index contributed by atoms with van der Waals surface area (Å²) in [6.07, 6.45) is -2.22. The van der Waals surface area contributed by atoms with Gasteiger partial charge in [0.2, 0.25) is 0 Å². The molecule has 0 heterocycles. The SMILES string of the molecule is O=C(O)/C=C/c1ccccc1Oc1cccc(C(F)(F)F)c1. The van der Waals surface area contributed by atoms with Crippen LogP contribution in [0.1, 0.15) is 11.1 Å². The molecule has 0 aliphatic heterocycles. The predicted molar refractivity (Wildman–Crippen MR) is 74.6 cm³/mol. The van der Waals surface area contributed by atoms with Crippen molar-refractivity contribution in [1.29, 1.82) is 0 Å². The Morgan fingerprint density at radius 3 is 2.50 bits per heavy atom. The fourth-order valence-corrected chi connectivity index (χ4v) is 1.74. The summed E-state index contributed by atoms with van der Waals surface area (Å²) >= 11 is 0. The van der Waals surface area contributed by atoms with E-state index in [-0.39, 0.29) is 11.5 Å². The van der Waals surface area contributed by atoms with Gasteiger partial charge in [0.25, 0.3) is 0 Å². The van der Waals surface area contributed by atoms with E-state index in [4.69, 9.17) is 9.84 Å². The number of carboxylic acids is 1. The number of rotatable bonds is 4. The Hall–Kier alpha value is -2.76. The molecule has 114 valence electrons. The predicted octanol–water partition coefficient (Wildman–Crippen LogP) is 4.60. The summed E-state index contributed by atoms with van der Waals surface area (Å²) in [7, 11) is 0. The minimum absolute atomic E-state index is 0.0194. The fraction of sp³-hybridized carbons (Fsp3) is 0.0625. The molecule has 1 N–H and O–H groups in total. The van der Waals surface area contributed by atoms with Crippen LogP contribution in [0.2, 0.25) is 0 Å². The van der Waals surface area contributed by atoms with Crippen molar-refractivity contribution < 1.29 is 27.8 Å². The maximum atomic E-state index is 12.7. The average Bonchev–Trinajstić information content (AvgIpc) is 2.46. The van der Waals surface area contributed by atoms with E-state index in [1.807, 2.05) is 0 Å². The third-order valence-electron chi connectivity index (χ3n) is 2.71. The largest absolute Gasteiger partial charge is 0.478 e. The molecule has 6 heteroatoms. The van der Waals surface area contributed by atoms with Gasteiger partial charge >= 0.3 is 12.1 Å². The maximum Gasteiger partial charge on any atom is 0.416 e. The van der Waals surface area contributed by atoms with Crippen molar-refractivity contribution >= 4 is 12.0 Å². The lowest BCUT2D eigenvalue weighted by molar-refractivity contribution is -0.137. The van der Waals surface area contributed by atoms with Gasteiger partial charge in [-0.15, -0.1) is 0 Å². The standard InChI is InChI=1S/C16H11F3O3/c17-16(18,19)12-5-3-6-13(10-12)22-14-7-2-1-4-11(14)8-9-15(20)21/h1-10H,(H,20,21)/b9-8+. The molecule has 3 nitrogen and oxygen atoms in total. The van der Waals surface area contributed by atoms with Crippen LogP contribution in [0.15, 0.2) is 54.6 Å². The lowest BCUT2D eigenvalue weighted by Gasteiger charge is -2.11. The molecule has 0 bridgehead atoms. The van der Waals surface area contributed by atoms with Gasteiger partial charge in [0.05, 0.1) is 5.56 Å². The summed E-state index contributed by atoms with van der Waals surface area (Å²) in [5.74, 6) is -0.848. The fourth-order valence-electron chi connectivity index (χ4n) is 1.74. The summed E-state index contributed by atoms with van der Waals surface area (Å²) in [5, 5.41) is 8.63. The molecule has 0 saturated carbocycles. The molecule has 0 spiro atoms. The van der Waals surface area contributed by atoms with E-state index in [2.05, 4.69) is 0 Å². The average molecular weight is 308 g/mol. The zero-order valence-electron chi connectivity index (χ0n) is 11.2. The highest BCUT2D eigenvalue weighted by atomic mass is 19.4. The third-order valence-corrected chi connectivity index (χ3v) is 2.71. The normalized spacial score (nSPS) is 11.6. The third kappa shape index (κ3) is 4.12. The molecule has 0 unspecified atom stereocenters. The number of carbonyl (C=O) groups is 1. The molecule has 0 radical (unpaired) electrons. The highest BCUT2D eigenvalue weighted by molar-refractivity contribution is 5.85. The van der Waals surface area contributed by atoms with Gasteiger partial charge in [-0.3, -0.25) is 0 Å². The quantitative estimate of drug-likeness (QED) is 0.840. The summed E-state index contributed by atoms with van der Waals surface area (Å²) in [5.41, 5.74) is -0.370. The molecule has 2 rings (SSSR count). The van der Waals surface area contributed by atoms with E-state index in [9.17, 15) is 18.0 Å². The Bertz CT molecular complexity index is 706. The molecule has 2 aromatic rings. The summed E-state index contributed by atoms with van der Waals surface area (Å²) in [6.45, 7) is 0. The van der Waals surface area contributed by atoms with Gasteiger partial charge in [0.15, 0.2) is 0 Å². The Morgan fingerprint density at radius 1 is 1.09 bits per heavy atom. The lowest BCUT2D eigenvalue weighted by atomic mass is 10.1. The number of halogens is 3. The highest BCUT2D eigenvalue weighted by Crippen LogP contribution is 2.33. The smallest absolute Gasteiger partial charge is 0.416 e. The van der Waals surface area contributed by atoms with Crippen LogP contribution in [0.25, 0.3) is 6.08 Å². The molecular formula is C16H11F3O3. The summed E-state index contributed by atoms with van der Waals surface area (Å²) in [6, 6.07) is 10.9. The second kappa shape index (κ2) is 6.34. The first kappa shape index (κ1) is 15.6. The van der Waals surface area contributed by atoms with Crippen LogP contribution in [0, 0.1) is 0 Å². The van der Waals surface area contributed by atoms with E-state index in [0.29, 0.717) is 5.56 Å². The van der Waals surface area contributed by atoms with E-state index in [1.54, 1.807) is 24.3 Å². The molecule has 0 fully saturated rings. The number of aliphatic carboxylic acids is 1. The molecule has 0 aromatic heterocycles. The van der Waals surface area contributed by atoms with E-state index in [1.165, 1.54) is 18.2 Å². The number of para-hydroxylation sites is 1. The summed E-state index contributed by atoms with van der Waals surface area (Å²) < 4.78 is 43.4. The van der Waals surface area contributed by atoms with Crippen LogP contribution >= 0.6 is 0 Å². The van der Waals surface area contributed by atoms with Crippen LogP contribution in [0.5, 0.6) is 11.5 Å². The number of benzene rings is 2. The topological polar surface area (TPSA) is 46.5 Å². The van der Waals surface area contributed by atoms with Crippen molar-refractivity contribution in [2.45, 2.75) is 6.18 Å². The van der Waals surface area contributed by atoms with Crippen LogP contribution in [-0.4, -0.2) is 11.1 Å². The number of hydrogen-bond donors (Lipinski definition) is 1. The highest BCUT2D eigenvalue weighted by Gasteiger charge is 2.30. The second-order valence-electron chi connectivity index (χ2n) is 4.34. The number of carboxylic acid groups (broad SMARTS) is 1. The molecular weight excluding hydrogens is 297 g/mol. The molecule has 22 heavy (non-hydrogen) atoms. The number of hydrogen-bond acceptors (Lipinski definition) is 2. The van der Waals surface area contributed by atoms with Gasteiger partial charge in [0, 0.05) is 11.6 Å². The van der Waals surface area contributed by atoms with E-state index in [0.717, 1.165) is 18.2 Å². The van der Waals surface area contributed by atoms with Gasteiger partial charge in [-0.25, -0.2) is 4.79 Å². The number of alkyl halides is 3. The Kier molecular flexibility index (Phi) is 4.50. The number of ether oxygens (including phenoxy) is 1. The minimum Gasteiger partial charge on any atom is -0.478 e. The van der Waals surface area contributed by atoms with E-state index < -0.39 is 17.7 Å². The molecule has 0 amide bonds. The van der Waals surface area contributed by atoms with Gasteiger partial charge in [-0.05, 0) is 30.3 Å². The van der Waals surface area contributed by atoms with Gasteiger partial charge in [0.1, 0.15) is 11.5 Å².